The molecule has 1 unspecified atom stereocenters. The number of anilines is 1. The number of hydrazine groups is 1. The molecule has 1 aliphatic rings. The standard InChI is InChI=1S/C11H13BrN2O/c1-2-9-7-11(15)14(13-9)10-5-3-4-8(12)6-10/h3-6,9,13H,2,7H2,1H3. The lowest BCUT2D eigenvalue weighted by atomic mass is 10.2. The van der Waals surface area contributed by atoms with Gasteiger partial charge in [-0.2, -0.15) is 0 Å². The molecular formula is C11H13BrN2O. The minimum atomic E-state index is 0.139. The van der Waals surface area contributed by atoms with Crippen LogP contribution in [0.5, 0.6) is 0 Å². The molecule has 80 valence electrons. The van der Waals surface area contributed by atoms with E-state index >= 15 is 0 Å². The Bertz CT molecular complexity index is 381. The molecule has 1 saturated heterocycles. The Morgan fingerprint density at radius 3 is 3.00 bits per heavy atom. The van der Waals surface area contributed by atoms with Gasteiger partial charge in [-0.3, -0.25) is 4.79 Å². The highest BCUT2D eigenvalue weighted by molar-refractivity contribution is 9.10. The zero-order valence-electron chi connectivity index (χ0n) is 8.53. The number of hydrogen-bond donors (Lipinski definition) is 1. The van der Waals surface area contributed by atoms with Crippen molar-refractivity contribution in [2.24, 2.45) is 0 Å². The van der Waals surface area contributed by atoms with Gasteiger partial charge in [-0.15, -0.1) is 0 Å². The van der Waals surface area contributed by atoms with Crippen molar-refractivity contribution in [1.29, 1.82) is 0 Å². The summed E-state index contributed by atoms with van der Waals surface area (Å²) in [5.41, 5.74) is 4.09. The fraction of sp³-hybridized carbons (Fsp3) is 0.364. The number of rotatable bonds is 2. The van der Waals surface area contributed by atoms with E-state index in [1.165, 1.54) is 0 Å². The van der Waals surface area contributed by atoms with Gasteiger partial charge in [-0.1, -0.05) is 28.9 Å². The molecule has 0 radical (unpaired) electrons. The van der Waals surface area contributed by atoms with Crippen LogP contribution in [0.2, 0.25) is 0 Å². The van der Waals surface area contributed by atoms with Crippen LogP contribution in [0.15, 0.2) is 28.7 Å². The van der Waals surface area contributed by atoms with Crippen LogP contribution in [0.1, 0.15) is 19.8 Å². The summed E-state index contributed by atoms with van der Waals surface area (Å²) in [5.74, 6) is 0.139. The number of nitrogens with zero attached hydrogens (tertiary/aromatic N) is 1. The van der Waals surface area contributed by atoms with Crippen LogP contribution in [0.3, 0.4) is 0 Å². The second kappa shape index (κ2) is 4.33. The molecule has 0 aromatic heterocycles. The molecule has 1 atom stereocenters. The van der Waals surface area contributed by atoms with Crippen molar-refractivity contribution < 1.29 is 4.79 Å². The summed E-state index contributed by atoms with van der Waals surface area (Å²) in [4.78, 5) is 11.7. The molecule has 15 heavy (non-hydrogen) atoms. The van der Waals surface area contributed by atoms with Crippen molar-refractivity contribution in [2.75, 3.05) is 5.01 Å². The van der Waals surface area contributed by atoms with Crippen molar-refractivity contribution in [3.8, 4) is 0 Å². The highest BCUT2D eigenvalue weighted by Crippen LogP contribution is 2.23. The van der Waals surface area contributed by atoms with E-state index in [9.17, 15) is 4.79 Å². The predicted molar refractivity (Wildman–Crippen MR) is 63.5 cm³/mol. The number of carbonyl (C=O) groups is 1. The predicted octanol–water partition coefficient (Wildman–Crippen LogP) is 2.47. The zero-order valence-corrected chi connectivity index (χ0v) is 10.1. The first-order chi connectivity index (χ1) is 7.20. The molecule has 3 nitrogen and oxygen atoms in total. The molecule has 0 aliphatic carbocycles. The van der Waals surface area contributed by atoms with Gasteiger partial charge in [0, 0.05) is 16.9 Å². The zero-order chi connectivity index (χ0) is 10.8. The molecule has 4 heteroatoms. The Labute approximate surface area is 97.6 Å². The normalized spacial score (nSPS) is 21.1. The summed E-state index contributed by atoms with van der Waals surface area (Å²) >= 11 is 3.40. The second-order valence-electron chi connectivity index (χ2n) is 3.65. The summed E-state index contributed by atoms with van der Waals surface area (Å²) in [5, 5.41) is 1.64. The van der Waals surface area contributed by atoms with Crippen LogP contribution in [0.4, 0.5) is 5.69 Å². The highest BCUT2D eigenvalue weighted by Gasteiger charge is 2.28. The number of benzene rings is 1. The molecule has 2 rings (SSSR count). The SMILES string of the molecule is CCC1CC(=O)N(c2cccc(Br)c2)N1. The van der Waals surface area contributed by atoms with E-state index in [0.717, 1.165) is 16.6 Å². The average Bonchev–Trinajstić information content (AvgIpc) is 2.60. The lowest BCUT2D eigenvalue weighted by molar-refractivity contribution is -0.117. The minimum Gasteiger partial charge on any atom is -0.273 e. The van der Waals surface area contributed by atoms with Crippen molar-refractivity contribution in [2.45, 2.75) is 25.8 Å². The van der Waals surface area contributed by atoms with Crippen LogP contribution in [0.25, 0.3) is 0 Å². The van der Waals surface area contributed by atoms with E-state index in [0.29, 0.717) is 6.42 Å². The Hall–Kier alpha value is -0.870. The third kappa shape index (κ3) is 2.21. The van der Waals surface area contributed by atoms with E-state index in [4.69, 9.17) is 0 Å². The van der Waals surface area contributed by atoms with Crippen LogP contribution < -0.4 is 10.4 Å². The maximum absolute atomic E-state index is 11.7. The summed E-state index contributed by atoms with van der Waals surface area (Å²) in [6, 6.07) is 8.00. The van der Waals surface area contributed by atoms with Crippen molar-refractivity contribution in [3.05, 3.63) is 28.7 Å². The van der Waals surface area contributed by atoms with Gasteiger partial charge in [0.25, 0.3) is 0 Å². The second-order valence-corrected chi connectivity index (χ2v) is 4.56. The van der Waals surface area contributed by atoms with Gasteiger partial charge in [0.2, 0.25) is 5.91 Å². The van der Waals surface area contributed by atoms with E-state index < -0.39 is 0 Å². The summed E-state index contributed by atoms with van der Waals surface area (Å²) < 4.78 is 0.981. The number of hydrogen-bond acceptors (Lipinski definition) is 2. The Balaban J connectivity index is 2.21. The summed E-state index contributed by atoms with van der Waals surface area (Å²) in [6.45, 7) is 2.08. The van der Waals surface area contributed by atoms with Gasteiger partial charge in [0.1, 0.15) is 0 Å². The number of halogens is 1. The lowest BCUT2D eigenvalue weighted by Crippen LogP contribution is -2.37. The van der Waals surface area contributed by atoms with Gasteiger partial charge >= 0.3 is 0 Å². The maximum Gasteiger partial charge on any atom is 0.243 e. The molecule has 1 fully saturated rings. The van der Waals surface area contributed by atoms with E-state index in [1.54, 1.807) is 5.01 Å². The first-order valence-electron chi connectivity index (χ1n) is 5.05. The van der Waals surface area contributed by atoms with Gasteiger partial charge in [0.15, 0.2) is 0 Å². The Kier molecular flexibility index (Phi) is 3.07. The van der Waals surface area contributed by atoms with Gasteiger partial charge < -0.3 is 0 Å². The molecule has 1 heterocycles. The quantitative estimate of drug-likeness (QED) is 0.894. The Morgan fingerprint density at radius 2 is 2.40 bits per heavy atom. The smallest absolute Gasteiger partial charge is 0.243 e. The molecule has 0 spiro atoms. The fourth-order valence-corrected chi connectivity index (χ4v) is 2.06. The number of carbonyl (C=O) groups excluding carboxylic acids is 1. The van der Waals surface area contributed by atoms with E-state index in [-0.39, 0.29) is 11.9 Å². The lowest BCUT2D eigenvalue weighted by Gasteiger charge is -2.17. The molecule has 1 aromatic rings. The largest absolute Gasteiger partial charge is 0.273 e. The molecular weight excluding hydrogens is 256 g/mol. The third-order valence-corrected chi connectivity index (χ3v) is 3.03. The third-order valence-electron chi connectivity index (χ3n) is 2.54. The average molecular weight is 269 g/mol. The van der Waals surface area contributed by atoms with Gasteiger partial charge in [0.05, 0.1) is 5.69 Å². The molecule has 1 aliphatic heterocycles. The van der Waals surface area contributed by atoms with Crippen molar-refractivity contribution in [1.82, 2.24) is 5.43 Å². The molecule has 0 saturated carbocycles. The minimum absolute atomic E-state index is 0.139. The van der Waals surface area contributed by atoms with Crippen LogP contribution in [0, 0.1) is 0 Å². The topological polar surface area (TPSA) is 32.3 Å². The molecule has 0 bridgehead atoms. The van der Waals surface area contributed by atoms with Crippen LogP contribution in [-0.4, -0.2) is 11.9 Å². The van der Waals surface area contributed by atoms with E-state index in [2.05, 4.69) is 28.3 Å². The number of amides is 1. The summed E-state index contributed by atoms with van der Waals surface area (Å²) in [7, 11) is 0. The summed E-state index contributed by atoms with van der Waals surface area (Å²) in [6.07, 6.45) is 1.55. The number of nitrogens with one attached hydrogen (secondary N) is 1. The molecule has 1 N–H and O–H groups in total. The maximum atomic E-state index is 11.7. The first-order valence-corrected chi connectivity index (χ1v) is 5.84. The van der Waals surface area contributed by atoms with Crippen LogP contribution in [-0.2, 0) is 4.79 Å². The van der Waals surface area contributed by atoms with E-state index in [1.807, 2.05) is 24.3 Å². The Morgan fingerprint density at radius 1 is 1.60 bits per heavy atom. The van der Waals surface area contributed by atoms with Gasteiger partial charge in [-0.05, 0) is 24.6 Å². The van der Waals surface area contributed by atoms with Crippen molar-refractivity contribution >= 4 is 27.5 Å². The fourth-order valence-electron chi connectivity index (χ4n) is 1.67. The molecule has 1 amide bonds. The van der Waals surface area contributed by atoms with Crippen molar-refractivity contribution in [3.63, 3.8) is 0 Å². The first kappa shape index (κ1) is 10.6. The van der Waals surface area contributed by atoms with Gasteiger partial charge in [-0.25, -0.2) is 10.4 Å². The molecule has 1 aromatic carbocycles. The van der Waals surface area contributed by atoms with Crippen LogP contribution >= 0.6 is 15.9 Å². The highest BCUT2D eigenvalue weighted by atomic mass is 79.9. The monoisotopic (exact) mass is 268 g/mol.